The van der Waals surface area contributed by atoms with Gasteiger partial charge in [0.1, 0.15) is 0 Å². The van der Waals surface area contributed by atoms with E-state index in [4.69, 9.17) is 4.42 Å². The van der Waals surface area contributed by atoms with Crippen LogP contribution in [0, 0.1) is 5.92 Å². The second-order valence-corrected chi connectivity index (χ2v) is 4.23. The summed E-state index contributed by atoms with van der Waals surface area (Å²) in [5, 5.41) is 2.84. The Balaban J connectivity index is 2.21. The van der Waals surface area contributed by atoms with Crippen LogP contribution in [0.3, 0.4) is 0 Å². The quantitative estimate of drug-likeness (QED) is 0.872. The SMILES string of the molecule is CCC(CC)C(=O)Nc1ccc2oc(=O)[nH]c2c1. The highest BCUT2D eigenvalue weighted by atomic mass is 16.4. The first-order chi connectivity index (χ1) is 8.63. The molecule has 1 aromatic heterocycles. The van der Waals surface area contributed by atoms with Crippen LogP contribution in [0.15, 0.2) is 27.4 Å². The van der Waals surface area contributed by atoms with Gasteiger partial charge >= 0.3 is 5.76 Å². The fourth-order valence-electron chi connectivity index (χ4n) is 1.93. The molecule has 96 valence electrons. The Bertz CT molecular complexity index is 608. The number of carbonyl (C=O) groups is 1. The Hall–Kier alpha value is -2.04. The number of carbonyl (C=O) groups excluding carboxylic acids is 1. The lowest BCUT2D eigenvalue weighted by molar-refractivity contribution is -0.120. The molecule has 0 saturated carbocycles. The van der Waals surface area contributed by atoms with Crippen molar-refractivity contribution >= 4 is 22.7 Å². The van der Waals surface area contributed by atoms with E-state index in [0.717, 1.165) is 12.8 Å². The van der Waals surface area contributed by atoms with Gasteiger partial charge in [-0.2, -0.15) is 0 Å². The molecular formula is C13H16N2O3. The topological polar surface area (TPSA) is 75.1 Å². The van der Waals surface area contributed by atoms with E-state index in [1.807, 2.05) is 13.8 Å². The Kier molecular flexibility index (Phi) is 3.50. The summed E-state index contributed by atoms with van der Waals surface area (Å²) in [6.07, 6.45) is 1.63. The number of hydrogen-bond acceptors (Lipinski definition) is 3. The molecule has 1 heterocycles. The van der Waals surface area contributed by atoms with Gasteiger partial charge in [0.25, 0.3) is 0 Å². The third kappa shape index (κ3) is 2.45. The number of rotatable bonds is 4. The number of H-pyrrole nitrogens is 1. The van der Waals surface area contributed by atoms with Crippen LogP contribution in [0.25, 0.3) is 11.1 Å². The average molecular weight is 248 g/mol. The molecule has 0 unspecified atom stereocenters. The van der Waals surface area contributed by atoms with Gasteiger partial charge in [-0.3, -0.25) is 9.78 Å². The van der Waals surface area contributed by atoms with Crippen molar-refractivity contribution in [2.75, 3.05) is 5.32 Å². The van der Waals surface area contributed by atoms with Gasteiger partial charge in [-0.05, 0) is 31.0 Å². The van der Waals surface area contributed by atoms with Crippen molar-refractivity contribution in [2.45, 2.75) is 26.7 Å². The average Bonchev–Trinajstić information content (AvgIpc) is 2.70. The van der Waals surface area contributed by atoms with E-state index in [9.17, 15) is 9.59 Å². The van der Waals surface area contributed by atoms with Crippen LogP contribution in [0.1, 0.15) is 26.7 Å². The largest absolute Gasteiger partial charge is 0.417 e. The molecule has 1 amide bonds. The summed E-state index contributed by atoms with van der Waals surface area (Å²) in [6.45, 7) is 3.98. The summed E-state index contributed by atoms with van der Waals surface area (Å²) < 4.78 is 4.89. The van der Waals surface area contributed by atoms with Crippen molar-refractivity contribution in [2.24, 2.45) is 5.92 Å². The number of aromatic nitrogens is 1. The number of anilines is 1. The second kappa shape index (κ2) is 5.08. The lowest BCUT2D eigenvalue weighted by atomic mass is 10.0. The summed E-state index contributed by atoms with van der Waals surface area (Å²) in [6, 6.07) is 5.08. The fraction of sp³-hybridized carbons (Fsp3) is 0.385. The molecule has 0 aliphatic rings. The third-order valence-electron chi connectivity index (χ3n) is 3.04. The first-order valence-corrected chi connectivity index (χ1v) is 6.07. The molecule has 2 N–H and O–H groups in total. The normalized spacial score (nSPS) is 11.1. The van der Waals surface area contributed by atoms with Gasteiger partial charge in [0.2, 0.25) is 5.91 Å². The number of nitrogens with one attached hydrogen (secondary N) is 2. The van der Waals surface area contributed by atoms with Crippen LogP contribution in [-0.2, 0) is 4.79 Å². The smallest absolute Gasteiger partial charge is 0.408 e. The van der Waals surface area contributed by atoms with Crippen molar-refractivity contribution in [1.82, 2.24) is 4.98 Å². The summed E-state index contributed by atoms with van der Waals surface area (Å²) >= 11 is 0. The highest BCUT2D eigenvalue weighted by Crippen LogP contribution is 2.18. The summed E-state index contributed by atoms with van der Waals surface area (Å²) in [4.78, 5) is 25.5. The molecule has 1 aromatic carbocycles. The number of hydrogen-bond donors (Lipinski definition) is 2. The van der Waals surface area contributed by atoms with E-state index >= 15 is 0 Å². The molecule has 0 aliphatic heterocycles. The van der Waals surface area contributed by atoms with Gasteiger partial charge in [-0.15, -0.1) is 0 Å². The van der Waals surface area contributed by atoms with Gasteiger partial charge in [0, 0.05) is 11.6 Å². The lowest BCUT2D eigenvalue weighted by Gasteiger charge is -2.12. The summed E-state index contributed by atoms with van der Waals surface area (Å²) in [7, 11) is 0. The second-order valence-electron chi connectivity index (χ2n) is 4.23. The van der Waals surface area contributed by atoms with Crippen LogP contribution in [-0.4, -0.2) is 10.9 Å². The van der Waals surface area contributed by atoms with Gasteiger partial charge in [-0.1, -0.05) is 13.8 Å². The minimum Gasteiger partial charge on any atom is -0.408 e. The Morgan fingerprint density at radius 2 is 2.11 bits per heavy atom. The standard InChI is InChI=1S/C13H16N2O3/c1-3-8(4-2)12(16)14-9-5-6-11-10(7-9)15-13(17)18-11/h5-8H,3-4H2,1-2H3,(H,14,16)(H,15,17). The van der Waals surface area contributed by atoms with Crippen LogP contribution >= 0.6 is 0 Å². The van der Waals surface area contributed by atoms with E-state index in [1.54, 1.807) is 18.2 Å². The van der Waals surface area contributed by atoms with Gasteiger partial charge < -0.3 is 9.73 Å². The minimum atomic E-state index is -0.492. The van der Waals surface area contributed by atoms with Crippen molar-refractivity contribution in [3.8, 4) is 0 Å². The zero-order valence-electron chi connectivity index (χ0n) is 10.4. The van der Waals surface area contributed by atoms with Crippen LogP contribution in [0.5, 0.6) is 0 Å². The van der Waals surface area contributed by atoms with E-state index in [0.29, 0.717) is 16.8 Å². The maximum absolute atomic E-state index is 11.9. The highest BCUT2D eigenvalue weighted by molar-refractivity contribution is 5.94. The molecule has 0 fully saturated rings. The summed E-state index contributed by atoms with van der Waals surface area (Å²) in [5.41, 5.74) is 1.74. The fourth-order valence-corrected chi connectivity index (χ4v) is 1.93. The van der Waals surface area contributed by atoms with Crippen LogP contribution in [0.4, 0.5) is 5.69 Å². The van der Waals surface area contributed by atoms with Crippen molar-refractivity contribution in [1.29, 1.82) is 0 Å². The van der Waals surface area contributed by atoms with Crippen molar-refractivity contribution in [3.05, 3.63) is 28.7 Å². The molecule has 0 aliphatic carbocycles. The van der Waals surface area contributed by atoms with Gasteiger partial charge in [0.15, 0.2) is 5.58 Å². The lowest BCUT2D eigenvalue weighted by Crippen LogP contribution is -2.21. The van der Waals surface area contributed by atoms with Crippen LogP contribution < -0.4 is 11.1 Å². The van der Waals surface area contributed by atoms with Gasteiger partial charge in [0.05, 0.1) is 5.52 Å². The molecule has 0 atom stereocenters. The predicted molar refractivity (Wildman–Crippen MR) is 69.5 cm³/mol. The number of oxazole rings is 1. The molecule has 5 heteroatoms. The van der Waals surface area contributed by atoms with E-state index in [1.165, 1.54) is 0 Å². The van der Waals surface area contributed by atoms with E-state index in [2.05, 4.69) is 10.3 Å². The maximum Gasteiger partial charge on any atom is 0.417 e. The molecular weight excluding hydrogens is 232 g/mol. The molecule has 0 radical (unpaired) electrons. The van der Waals surface area contributed by atoms with E-state index < -0.39 is 5.76 Å². The zero-order chi connectivity index (χ0) is 13.1. The molecule has 0 spiro atoms. The Labute approximate surface area is 104 Å². The van der Waals surface area contributed by atoms with Crippen molar-refractivity contribution in [3.63, 3.8) is 0 Å². The first-order valence-electron chi connectivity index (χ1n) is 6.07. The summed E-state index contributed by atoms with van der Waals surface area (Å²) in [5.74, 6) is -0.470. The Morgan fingerprint density at radius 3 is 2.78 bits per heavy atom. The van der Waals surface area contributed by atoms with Crippen LogP contribution in [0.2, 0.25) is 0 Å². The molecule has 5 nitrogen and oxygen atoms in total. The van der Waals surface area contributed by atoms with Gasteiger partial charge in [-0.25, -0.2) is 4.79 Å². The Morgan fingerprint density at radius 1 is 1.39 bits per heavy atom. The molecule has 18 heavy (non-hydrogen) atoms. The number of amides is 1. The third-order valence-corrected chi connectivity index (χ3v) is 3.04. The van der Waals surface area contributed by atoms with Crippen molar-refractivity contribution < 1.29 is 9.21 Å². The maximum atomic E-state index is 11.9. The molecule has 0 bridgehead atoms. The predicted octanol–water partition coefficient (Wildman–Crippen LogP) is 2.50. The first kappa shape index (κ1) is 12.4. The molecule has 0 saturated heterocycles. The molecule has 2 aromatic rings. The minimum absolute atomic E-state index is 0.00481. The molecule has 2 rings (SSSR count). The number of aromatic amines is 1. The van der Waals surface area contributed by atoms with E-state index in [-0.39, 0.29) is 11.8 Å². The zero-order valence-corrected chi connectivity index (χ0v) is 10.4. The monoisotopic (exact) mass is 248 g/mol. The highest BCUT2D eigenvalue weighted by Gasteiger charge is 2.14. The number of fused-ring (bicyclic) bond motifs is 1. The number of benzene rings is 1.